The van der Waals surface area contributed by atoms with E-state index in [0.29, 0.717) is 5.56 Å². The maximum Gasteiger partial charge on any atom is 0.271 e. The monoisotopic (exact) mass is 311 g/mol. The van der Waals surface area contributed by atoms with Gasteiger partial charge < -0.3 is 4.74 Å². The third-order valence-electron chi connectivity index (χ3n) is 3.22. The molecule has 2 aromatic rings. The van der Waals surface area contributed by atoms with Crippen LogP contribution in [0.1, 0.15) is 42.1 Å². The van der Waals surface area contributed by atoms with Crippen LogP contribution < -0.4 is 10.2 Å². The van der Waals surface area contributed by atoms with Crippen LogP contribution in [0.25, 0.3) is 0 Å². The number of amides is 1. The molecule has 0 aliphatic rings. The van der Waals surface area contributed by atoms with Gasteiger partial charge >= 0.3 is 0 Å². The van der Waals surface area contributed by atoms with E-state index in [1.165, 1.54) is 12.8 Å². The van der Waals surface area contributed by atoms with Crippen LogP contribution >= 0.6 is 0 Å². The summed E-state index contributed by atoms with van der Waals surface area (Å²) in [4.78, 5) is 15.7. The van der Waals surface area contributed by atoms with Gasteiger partial charge in [0.25, 0.3) is 5.91 Å². The number of benzene rings is 1. The lowest BCUT2D eigenvalue weighted by Gasteiger charge is -2.05. The quantitative estimate of drug-likeness (QED) is 0.461. The molecule has 1 aromatic heterocycles. The molecule has 0 saturated heterocycles. The minimum absolute atomic E-state index is 0.264. The van der Waals surface area contributed by atoms with Crippen molar-refractivity contribution in [2.45, 2.75) is 26.2 Å². The summed E-state index contributed by atoms with van der Waals surface area (Å²) >= 11 is 0. The van der Waals surface area contributed by atoms with Crippen molar-refractivity contribution < 1.29 is 9.53 Å². The summed E-state index contributed by atoms with van der Waals surface area (Å²) in [5.74, 6) is 0.582. The summed E-state index contributed by atoms with van der Waals surface area (Å²) in [6.45, 7) is 2.91. The van der Waals surface area contributed by atoms with E-state index < -0.39 is 0 Å². The molecule has 120 valence electrons. The lowest BCUT2D eigenvalue weighted by atomic mass is 10.2. The second-order valence-electron chi connectivity index (χ2n) is 5.06. The van der Waals surface area contributed by atoms with Gasteiger partial charge in [-0.05, 0) is 48.4 Å². The highest BCUT2D eigenvalue weighted by Crippen LogP contribution is 2.11. The molecule has 23 heavy (non-hydrogen) atoms. The molecule has 0 aliphatic carbocycles. The van der Waals surface area contributed by atoms with Crippen molar-refractivity contribution in [1.82, 2.24) is 10.4 Å². The first-order chi connectivity index (χ1) is 11.3. The maximum atomic E-state index is 11.8. The van der Waals surface area contributed by atoms with Crippen LogP contribution in [-0.2, 0) is 0 Å². The second kappa shape index (κ2) is 9.35. The Bertz CT molecular complexity index is 624. The van der Waals surface area contributed by atoms with Crippen molar-refractivity contribution in [1.29, 1.82) is 0 Å². The molecule has 0 radical (unpaired) electrons. The molecular weight excluding hydrogens is 290 g/mol. The molecule has 1 aromatic carbocycles. The number of pyridine rings is 1. The van der Waals surface area contributed by atoms with Crippen molar-refractivity contribution in [3.8, 4) is 5.75 Å². The molecule has 0 saturated carbocycles. The lowest BCUT2D eigenvalue weighted by Crippen LogP contribution is -2.17. The van der Waals surface area contributed by atoms with Gasteiger partial charge in [0.2, 0.25) is 0 Å². The second-order valence-corrected chi connectivity index (χ2v) is 5.06. The molecule has 2 rings (SSSR count). The summed E-state index contributed by atoms with van der Waals surface area (Å²) in [6.07, 6.45) is 8.17. The van der Waals surface area contributed by atoms with E-state index in [1.54, 1.807) is 30.7 Å². The van der Waals surface area contributed by atoms with Gasteiger partial charge in [0.1, 0.15) is 5.75 Å². The molecule has 1 N–H and O–H groups in total. The molecule has 1 amide bonds. The number of carbonyl (C=O) groups is 1. The average Bonchev–Trinajstić information content (AvgIpc) is 2.60. The van der Waals surface area contributed by atoms with Gasteiger partial charge in [-0.3, -0.25) is 9.78 Å². The standard InChI is InChI=1S/C18H21N3O2/c1-2-3-4-13-23-17-7-5-15(6-8-17)14-20-21-18(22)16-9-11-19-12-10-16/h5-12,14H,2-4,13H2,1H3,(H,21,22)/b20-14-. The smallest absolute Gasteiger partial charge is 0.271 e. The number of unbranched alkanes of at least 4 members (excludes halogenated alkanes) is 2. The highest BCUT2D eigenvalue weighted by Gasteiger charge is 2.01. The molecular formula is C18H21N3O2. The number of ether oxygens (including phenoxy) is 1. The third kappa shape index (κ3) is 5.90. The summed E-state index contributed by atoms with van der Waals surface area (Å²) in [6, 6.07) is 10.9. The Kier molecular flexibility index (Phi) is 6.78. The zero-order valence-corrected chi connectivity index (χ0v) is 13.2. The van der Waals surface area contributed by atoms with Crippen molar-refractivity contribution in [3.63, 3.8) is 0 Å². The highest BCUT2D eigenvalue weighted by molar-refractivity contribution is 5.94. The zero-order valence-electron chi connectivity index (χ0n) is 13.2. The summed E-state index contributed by atoms with van der Waals surface area (Å²) in [7, 11) is 0. The minimum Gasteiger partial charge on any atom is -0.494 e. The number of hydrogen-bond donors (Lipinski definition) is 1. The summed E-state index contributed by atoms with van der Waals surface area (Å²) in [5, 5.41) is 3.95. The highest BCUT2D eigenvalue weighted by atomic mass is 16.5. The van der Waals surface area contributed by atoms with E-state index in [2.05, 4.69) is 22.4 Å². The van der Waals surface area contributed by atoms with Gasteiger partial charge in [0.05, 0.1) is 12.8 Å². The molecule has 0 spiro atoms. The van der Waals surface area contributed by atoms with E-state index in [0.717, 1.165) is 24.3 Å². The van der Waals surface area contributed by atoms with Crippen molar-refractivity contribution >= 4 is 12.1 Å². The molecule has 0 atom stereocenters. The van der Waals surface area contributed by atoms with E-state index in [4.69, 9.17) is 4.74 Å². The predicted octanol–water partition coefficient (Wildman–Crippen LogP) is 3.41. The fraction of sp³-hybridized carbons (Fsp3) is 0.278. The number of nitrogens with zero attached hydrogens (tertiary/aromatic N) is 2. The third-order valence-corrected chi connectivity index (χ3v) is 3.22. The fourth-order valence-electron chi connectivity index (χ4n) is 1.93. The van der Waals surface area contributed by atoms with Crippen LogP contribution in [0.4, 0.5) is 0 Å². The van der Waals surface area contributed by atoms with Crippen LogP contribution in [-0.4, -0.2) is 23.7 Å². The molecule has 0 fully saturated rings. The number of carbonyl (C=O) groups excluding carboxylic acids is 1. The van der Waals surface area contributed by atoms with Gasteiger partial charge in [-0.15, -0.1) is 0 Å². The van der Waals surface area contributed by atoms with Gasteiger partial charge in [0, 0.05) is 18.0 Å². The molecule has 5 heteroatoms. The molecule has 5 nitrogen and oxygen atoms in total. The Balaban J connectivity index is 1.80. The Morgan fingerprint density at radius 1 is 1.17 bits per heavy atom. The minimum atomic E-state index is -0.264. The van der Waals surface area contributed by atoms with Gasteiger partial charge in [-0.1, -0.05) is 19.8 Å². The predicted molar refractivity (Wildman–Crippen MR) is 90.8 cm³/mol. The van der Waals surface area contributed by atoms with Crippen LogP contribution in [0, 0.1) is 0 Å². The van der Waals surface area contributed by atoms with Crippen LogP contribution in [0.15, 0.2) is 53.9 Å². The Morgan fingerprint density at radius 2 is 1.91 bits per heavy atom. The van der Waals surface area contributed by atoms with Gasteiger partial charge in [-0.25, -0.2) is 5.43 Å². The normalized spacial score (nSPS) is 10.7. The first kappa shape index (κ1) is 16.7. The van der Waals surface area contributed by atoms with E-state index in [1.807, 2.05) is 24.3 Å². The van der Waals surface area contributed by atoms with E-state index in [9.17, 15) is 4.79 Å². The Labute approximate surface area is 136 Å². The first-order valence-corrected chi connectivity index (χ1v) is 7.76. The number of rotatable bonds is 8. The Hall–Kier alpha value is -2.69. The van der Waals surface area contributed by atoms with Crippen molar-refractivity contribution in [2.75, 3.05) is 6.61 Å². The summed E-state index contributed by atoms with van der Waals surface area (Å²) in [5.41, 5.74) is 3.89. The molecule has 0 bridgehead atoms. The van der Waals surface area contributed by atoms with Crippen LogP contribution in [0.2, 0.25) is 0 Å². The fourth-order valence-corrected chi connectivity index (χ4v) is 1.93. The number of aromatic nitrogens is 1. The molecule has 0 unspecified atom stereocenters. The topological polar surface area (TPSA) is 63.6 Å². The van der Waals surface area contributed by atoms with Crippen molar-refractivity contribution in [3.05, 3.63) is 59.9 Å². The van der Waals surface area contributed by atoms with Gasteiger partial charge in [-0.2, -0.15) is 5.10 Å². The number of hydrogen-bond acceptors (Lipinski definition) is 4. The van der Waals surface area contributed by atoms with Crippen LogP contribution in [0.5, 0.6) is 5.75 Å². The molecule has 0 aliphatic heterocycles. The lowest BCUT2D eigenvalue weighted by molar-refractivity contribution is 0.0955. The first-order valence-electron chi connectivity index (χ1n) is 7.76. The number of nitrogens with one attached hydrogen (secondary N) is 1. The van der Waals surface area contributed by atoms with Crippen molar-refractivity contribution in [2.24, 2.45) is 5.10 Å². The Morgan fingerprint density at radius 3 is 2.61 bits per heavy atom. The largest absolute Gasteiger partial charge is 0.494 e. The van der Waals surface area contributed by atoms with Gasteiger partial charge in [0.15, 0.2) is 0 Å². The average molecular weight is 311 g/mol. The maximum absolute atomic E-state index is 11.8. The zero-order chi connectivity index (χ0) is 16.3. The summed E-state index contributed by atoms with van der Waals surface area (Å²) < 4.78 is 5.64. The van der Waals surface area contributed by atoms with E-state index >= 15 is 0 Å². The molecule has 1 heterocycles. The number of hydrazone groups is 1. The van der Waals surface area contributed by atoms with E-state index in [-0.39, 0.29) is 5.91 Å². The van der Waals surface area contributed by atoms with Crippen LogP contribution in [0.3, 0.4) is 0 Å². The SMILES string of the molecule is CCCCCOc1ccc(/C=N\NC(=O)c2ccncc2)cc1.